The Kier molecular flexibility index (Phi) is 4.99. The van der Waals surface area contributed by atoms with E-state index in [-0.39, 0.29) is 5.41 Å². The van der Waals surface area contributed by atoms with Crippen LogP contribution in [-0.2, 0) is 0 Å². The van der Waals surface area contributed by atoms with Gasteiger partial charge in [0.25, 0.3) is 0 Å². The molecule has 118 valence electrons. The standard InChI is InChI=1S/C17H28N2O2/c1-17(2,3)16-12-19(8-6-7-18-16)13-9-14(20-4)11-15(10-13)21-5/h9-11,16,18H,6-8,12H2,1-5H3. The lowest BCUT2D eigenvalue weighted by Crippen LogP contribution is -2.46. The second-order valence-electron chi connectivity index (χ2n) is 6.74. The molecule has 1 heterocycles. The zero-order chi connectivity index (χ0) is 15.5. The number of methoxy groups -OCH3 is 2. The minimum atomic E-state index is 0.242. The van der Waals surface area contributed by atoms with Gasteiger partial charge in [-0.25, -0.2) is 0 Å². The lowest BCUT2D eigenvalue weighted by Gasteiger charge is -2.34. The zero-order valence-electron chi connectivity index (χ0n) is 13.9. The molecule has 4 nitrogen and oxygen atoms in total. The average Bonchev–Trinajstić information content (AvgIpc) is 2.72. The maximum absolute atomic E-state index is 5.39. The topological polar surface area (TPSA) is 33.7 Å². The first kappa shape index (κ1) is 16.0. The summed E-state index contributed by atoms with van der Waals surface area (Å²) in [6, 6.07) is 6.57. The monoisotopic (exact) mass is 292 g/mol. The Morgan fingerprint density at radius 3 is 2.24 bits per heavy atom. The number of hydrogen-bond donors (Lipinski definition) is 1. The molecule has 1 atom stereocenters. The molecule has 2 rings (SSSR count). The van der Waals surface area contributed by atoms with E-state index in [0.717, 1.165) is 37.6 Å². The molecule has 1 aromatic rings. The first-order valence-corrected chi connectivity index (χ1v) is 7.65. The number of ether oxygens (including phenoxy) is 2. The number of anilines is 1. The van der Waals surface area contributed by atoms with Crippen LogP contribution in [0.1, 0.15) is 27.2 Å². The molecule has 0 saturated carbocycles. The summed E-state index contributed by atoms with van der Waals surface area (Å²) in [7, 11) is 3.39. The molecule has 1 aromatic carbocycles. The third kappa shape index (κ3) is 4.03. The quantitative estimate of drug-likeness (QED) is 0.929. The zero-order valence-corrected chi connectivity index (χ0v) is 13.9. The van der Waals surface area contributed by atoms with Crippen LogP contribution in [0.15, 0.2) is 18.2 Å². The van der Waals surface area contributed by atoms with Crippen molar-refractivity contribution in [3.05, 3.63) is 18.2 Å². The molecule has 21 heavy (non-hydrogen) atoms. The maximum Gasteiger partial charge on any atom is 0.124 e. The fraction of sp³-hybridized carbons (Fsp3) is 0.647. The summed E-state index contributed by atoms with van der Waals surface area (Å²) in [5.74, 6) is 1.68. The average molecular weight is 292 g/mol. The highest BCUT2D eigenvalue weighted by Crippen LogP contribution is 2.30. The Morgan fingerprint density at radius 2 is 1.71 bits per heavy atom. The molecule has 0 spiro atoms. The normalized spacial score (nSPS) is 20.0. The van der Waals surface area contributed by atoms with Crippen molar-refractivity contribution >= 4 is 5.69 Å². The summed E-state index contributed by atoms with van der Waals surface area (Å²) in [5, 5.41) is 3.67. The summed E-state index contributed by atoms with van der Waals surface area (Å²) < 4.78 is 10.8. The van der Waals surface area contributed by atoms with Crippen molar-refractivity contribution in [1.82, 2.24) is 5.32 Å². The molecule has 1 N–H and O–H groups in total. The first-order valence-electron chi connectivity index (χ1n) is 7.65. The molecule has 4 heteroatoms. The fourth-order valence-corrected chi connectivity index (χ4v) is 2.71. The van der Waals surface area contributed by atoms with Crippen LogP contribution in [0.5, 0.6) is 11.5 Å². The van der Waals surface area contributed by atoms with E-state index in [1.165, 1.54) is 5.69 Å². The maximum atomic E-state index is 5.39. The van der Waals surface area contributed by atoms with Gasteiger partial charge in [-0.2, -0.15) is 0 Å². The number of rotatable bonds is 3. The van der Waals surface area contributed by atoms with Crippen LogP contribution in [0.3, 0.4) is 0 Å². The van der Waals surface area contributed by atoms with Gasteiger partial charge in [0.2, 0.25) is 0 Å². The molecular weight excluding hydrogens is 264 g/mol. The molecule has 0 amide bonds. The fourth-order valence-electron chi connectivity index (χ4n) is 2.71. The van der Waals surface area contributed by atoms with Gasteiger partial charge in [0.15, 0.2) is 0 Å². The lowest BCUT2D eigenvalue weighted by molar-refractivity contribution is 0.280. The van der Waals surface area contributed by atoms with E-state index in [4.69, 9.17) is 9.47 Å². The molecule has 1 saturated heterocycles. The number of nitrogens with one attached hydrogen (secondary N) is 1. The summed E-state index contributed by atoms with van der Waals surface area (Å²) >= 11 is 0. The van der Waals surface area contributed by atoms with Gasteiger partial charge < -0.3 is 19.7 Å². The molecule has 0 aliphatic carbocycles. The van der Waals surface area contributed by atoms with Gasteiger partial charge in [0.1, 0.15) is 11.5 Å². The number of nitrogens with zero attached hydrogens (tertiary/aromatic N) is 1. The molecule has 1 aliphatic rings. The van der Waals surface area contributed by atoms with Crippen LogP contribution < -0.4 is 19.7 Å². The van der Waals surface area contributed by atoms with Crippen molar-refractivity contribution in [3.8, 4) is 11.5 Å². The van der Waals surface area contributed by atoms with E-state index in [2.05, 4.69) is 43.1 Å². The third-order valence-electron chi connectivity index (χ3n) is 4.15. The predicted octanol–water partition coefficient (Wildman–Crippen LogP) is 2.92. The van der Waals surface area contributed by atoms with Gasteiger partial charge >= 0.3 is 0 Å². The minimum absolute atomic E-state index is 0.242. The van der Waals surface area contributed by atoms with Crippen molar-refractivity contribution in [3.63, 3.8) is 0 Å². The van der Waals surface area contributed by atoms with Crippen LogP contribution >= 0.6 is 0 Å². The van der Waals surface area contributed by atoms with E-state index in [1.807, 2.05) is 6.07 Å². The van der Waals surface area contributed by atoms with Crippen molar-refractivity contribution in [1.29, 1.82) is 0 Å². The third-order valence-corrected chi connectivity index (χ3v) is 4.15. The highest BCUT2D eigenvalue weighted by Gasteiger charge is 2.28. The van der Waals surface area contributed by atoms with Crippen LogP contribution in [-0.4, -0.2) is 39.9 Å². The van der Waals surface area contributed by atoms with E-state index in [1.54, 1.807) is 14.2 Å². The molecule has 0 aromatic heterocycles. The second kappa shape index (κ2) is 6.56. The Bertz CT molecular complexity index is 446. The molecular formula is C17H28N2O2. The molecule has 1 fully saturated rings. The van der Waals surface area contributed by atoms with Crippen molar-refractivity contribution < 1.29 is 9.47 Å². The van der Waals surface area contributed by atoms with Crippen LogP contribution in [0, 0.1) is 5.41 Å². The summed E-state index contributed by atoms with van der Waals surface area (Å²) in [6.45, 7) is 10.00. The van der Waals surface area contributed by atoms with Gasteiger partial charge in [-0.15, -0.1) is 0 Å². The van der Waals surface area contributed by atoms with Crippen LogP contribution in [0.4, 0.5) is 5.69 Å². The molecule has 1 aliphatic heterocycles. The lowest BCUT2D eigenvalue weighted by atomic mass is 9.86. The highest BCUT2D eigenvalue weighted by molar-refractivity contribution is 5.56. The van der Waals surface area contributed by atoms with Gasteiger partial charge in [-0.05, 0) is 18.4 Å². The SMILES string of the molecule is COc1cc(OC)cc(N2CCCNC(C(C)(C)C)C2)c1. The second-order valence-corrected chi connectivity index (χ2v) is 6.74. The molecule has 1 unspecified atom stereocenters. The largest absolute Gasteiger partial charge is 0.497 e. The van der Waals surface area contributed by atoms with E-state index >= 15 is 0 Å². The highest BCUT2D eigenvalue weighted by atomic mass is 16.5. The first-order chi connectivity index (χ1) is 9.94. The van der Waals surface area contributed by atoms with Crippen molar-refractivity contribution in [2.24, 2.45) is 5.41 Å². The van der Waals surface area contributed by atoms with Gasteiger partial charge in [0.05, 0.1) is 14.2 Å². The minimum Gasteiger partial charge on any atom is -0.497 e. The van der Waals surface area contributed by atoms with E-state index in [9.17, 15) is 0 Å². The number of hydrogen-bond acceptors (Lipinski definition) is 4. The van der Waals surface area contributed by atoms with Crippen LogP contribution in [0.25, 0.3) is 0 Å². The molecule has 0 radical (unpaired) electrons. The summed E-state index contributed by atoms with van der Waals surface area (Å²) in [6.07, 6.45) is 1.14. The molecule has 0 bridgehead atoms. The summed E-state index contributed by atoms with van der Waals surface area (Å²) in [5.41, 5.74) is 1.41. The number of benzene rings is 1. The summed E-state index contributed by atoms with van der Waals surface area (Å²) in [4.78, 5) is 2.43. The Hall–Kier alpha value is -1.42. The Labute approximate surface area is 128 Å². The van der Waals surface area contributed by atoms with Gasteiger partial charge in [-0.1, -0.05) is 20.8 Å². The smallest absolute Gasteiger partial charge is 0.124 e. The van der Waals surface area contributed by atoms with Crippen LogP contribution in [0.2, 0.25) is 0 Å². The predicted molar refractivity (Wildman–Crippen MR) is 87.6 cm³/mol. The van der Waals surface area contributed by atoms with Crippen molar-refractivity contribution in [2.45, 2.75) is 33.2 Å². The Balaban J connectivity index is 2.26. The van der Waals surface area contributed by atoms with Gasteiger partial charge in [-0.3, -0.25) is 0 Å². The van der Waals surface area contributed by atoms with Crippen molar-refractivity contribution in [2.75, 3.05) is 38.8 Å². The Morgan fingerprint density at radius 1 is 1.10 bits per heavy atom. The van der Waals surface area contributed by atoms with Gasteiger partial charge in [0, 0.05) is 43.0 Å². The van der Waals surface area contributed by atoms with E-state index < -0.39 is 0 Å². The van der Waals surface area contributed by atoms with E-state index in [0.29, 0.717) is 6.04 Å².